The summed E-state index contributed by atoms with van der Waals surface area (Å²) < 4.78 is 48.2. The number of rotatable bonds is 2. The van der Waals surface area contributed by atoms with Crippen LogP contribution in [-0.4, -0.2) is 17.3 Å². The Balaban J connectivity index is 3.20. The molecule has 0 aliphatic carbocycles. The summed E-state index contributed by atoms with van der Waals surface area (Å²) in [5.74, 6) is -3.75. The van der Waals surface area contributed by atoms with Gasteiger partial charge in [-0.1, -0.05) is 18.2 Å². The lowest BCUT2D eigenvalue weighted by Crippen LogP contribution is -2.08. The van der Waals surface area contributed by atoms with Gasteiger partial charge < -0.3 is 5.11 Å². The third-order valence-corrected chi connectivity index (χ3v) is 1.74. The van der Waals surface area contributed by atoms with Crippen LogP contribution in [0.2, 0.25) is 0 Å². The molecule has 1 N–H and O–H groups in total. The van der Waals surface area contributed by atoms with Crippen LogP contribution in [0, 0.1) is 0 Å². The molecule has 1 aromatic carbocycles. The second-order valence-corrected chi connectivity index (χ2v) is 2.88. The molecule has 0 saturated carbocycles. The molecule has 0 spiro atoms. The van der Waals surface area contributed by atoms with Crippen LogP contribution in [0.15, 0.2) is 30.1 Å². The number of alkyl halides is 3. The van der Waals surface area contributed by atoms with Crippen molar-refractivity contribution in [2.24, 2.45) is 0 Å². The van der Waals surface area contributed by atoms with Crippen molar-refractivity contribution in [2.45, 2.75) is 6.18 Å². The van der Waals surface area contributed by atoms with E-state index in [2.05, 4.69) is 0 Å². The standard InChI is InChI=1S/C10H6F4O2/c11-8(10(12,13)14)5-6-3-1-2-4-7(6)9(15)16/h1-5H,(H,15,16)/b8-5-. The van der Waals surface area contributed by atoms with Gasteiger partial charge in [-0.15, -0.1) is 0 Å². The molecule has 0 fully saturated rings. The van der Waals surface area contributed by atoms with Gasteiger partial charge in [0.05, 0.1) is 5.56 Å². The first-order valence-corrected chi connectivity index (χ1v) is 4.09. The zero-order chi connectivity index (χ0) is 12.3. The Hall–Kier alpha value is -1.85. The summed E-state index contributed by atoms with van der Waals surface area (Å²) in [5.41, 5.74) is -0.716. The van der Waals surface area contributed by atoms with Crippen molar-refractivity contribution in [3.8, 4) is 0 Å². The summed E-state index contributed by atoms with van der Waals surface area (Å²) in [5, 5.41) is 8.65. The first kappa shape index (κ1) is 12.2. The first-order valence-electron chi connectivity index (χ1n) is 4.09. The van der Waals surface area contributed by atoms with Crippen molar-refractivity contribution in [3.63, 3.8) is 0 Å². The number of hydrogen-bond acceptors (Lipinski definition) is 1. The highest BCUT2D eigenvalue weighted by atomic mass is 19.4. The number of hydrogen-bond donors (Lipinski definition) is 1. The van der Waals surface area contributed by atoms with E-state index in [1.807, 2.05) is 0 Å². The maximum absolute atomic E-state index is 12.6. The topological polar surface area (TPSA) is 37.3 Å². The van der Waals surface area contributed by atoms with E-state index < -0.39 is 18.0 Å². The highest BCUT2D eigenvalue weighted by molar-refractivity contribution is 5.92. The van der Waals surface area contributed by atoms with E-state index >= 15 is 0 Å². The Labute approximate surface area is 87.8 Å². The van der Waals surface area contributed by atoms with E-state index in [-0.39, 0.29) is 17.2 Å². The molecule has 86 valence electrons. The van der Waals surface area contributed by atoms with Crippen molar-refractivity contribution in [3.05, 3.63) is 41.2 Å². The lowest BCUT2D eigenvalue weighted by Gasteiger charge is -2.04. The fourth-order valence-electron chi connectivity index (χ4n) is 1.04. The van der Waals surface area contributed by atoms with Crippen LogP contribution in [-0.2, 0) is 0 Å². The Bertz CT molecular complexity index is 435. The molecule has 0 radical (unpaired) electrons. The van der Waals surface area contributed by atoms with Gasteiger partial charge in [0, 0.05) is 0 Å². The summed E-state index contributed by atoms with van der Waals surface area (Å²) >= 11 is 0. The molecule has 0 bridgehead atoms. The fourth-order valence-corrected chi connectivity index (χ4v) is 1.04. The molecule has 16 heavy (non-hydrogen) atoms. The number of allylic oxidation sites excluding steroid dienone is 1. The molecule has 2 nitrogen and oxygen atoms in total. The number of carboxylic acid groups (broad SMARTS) is 1. The fraction of sp³-hybridized carbons (Fsp3) is 0.100. The molecule has 0 aliphatic rings. The Morgan fingerprint density at radius 2 is 1.81 bits per heavy atom. The van der Waals surface area contributed by atoms with Gasteiger partial charge in [0.15, 0.2) is 0 Å². The van der Waals surface area contributed by atoms with E-state index in [9.17, 15) is 22.4 Å². The Morgan fingerprint density at radius 3 is 2.31 bits per heavy atom. The minimum Gasteiger partial charge on any atom is -0.478 e. The Morgan fingerprint density at radius 1 is 1.25 bits per heavy atom. The number of benzene rings is 1. The summed E-state index contributed by atoms with van der Waals surface area (Å²) in [6.45, 7) is 0. The summed E-state index contributed by atoms with van der Waals surface area (Å²) in [6.07, 6.45) is -4.95. The average molecular weight is 234 g/mol. The van der Waals surface area contributed by atoms with Crippen LogP contribution in [0.5, 0.6) is 0 Å². The maximum Gasteiger partial charge on any atom is 0.442 e. The molecular weight excluding hydrogens is 228 g/mol. The van der Waals surface area contributed by atoms with Crippen molar-refractivity contribution in [2.75, 3.05) is 0 Å². The van der Waals surface area contributed by atoms with Crippen LogP contribution in [0.4, 0.5) is 17.6 Å². The summed E-state index contributed by atoms with van der Waals surface area (Å²) in [4.78, 5) is 10.6. The maximum atomic E-state index is 12.6. The monoisotopic (exact) mass is 234 g/mol. The molecule has 0 aromatic heterocycles. The normalized spacial score (nSPS) is 12.6. The minimum atomic E-state index is -5.11. The average Bonchev–Trinajstić information content (AvgIpc) is 2.16. The van der Waals surface area contributed by atoms with Crippen LogP contribution < -0.4 is 0 Å². The Kier molecular flexibility index (Phi) is 3.31. The predicted molar refractivity (Wildman–Crippen MR) is 48.5 cm³/mol. The van der Waals surface area contributed by atoms with Gasteiger partial charge in [-0.25, -0.2) is 9.18 Å². The number of aromatic carboxylic acids is 1. The van der Waals surface area contributed by atoms with Crippen LogP contribution in [0.3, 0.4) is 0 Å². The van der Waals surface area contributed by atoms with Crippen molar-refractivity contribution >= 4 is 12.0 Å². The second-order valence-electron chi connectivity index (χ2n) is 2.88. The van der Waals surface area contributed by atoms with Crippen molar-refractivity contribution < 1.29 is 27.5 Å². The molecule has 0 atom stereocenters. The molecule has 1 rings (SSSR count). The lowest BCUT2D eigenvalue weighted by atomic mass is 10.1. The summed E-state index contributed by atoms with van der Waals surface area (Å²) in [6, 6.07) is 4.85. The molecule has 6 heteroatoms. The van der Waals surface area contributed by atoms with Crippen LogP contribution in [0.25, 0.3) is 6.08 Å². The molecule has 0 unspecified atom stereocenters. The van der Waals surface area contributed by atoms with Gasteiger partial charge in [0.2, 0.25) is 5.83 Å². The number of halogens is 4. The highest BCUT2D eigenvalue weighted by Gasteiger charge is 2.34. The number of carboxylic acids is 1. The van der Waals surface area contributed by atoms with Gasteiger partial charge in [-0.05, 0) is 17.7 Å². The summed E-state index contributed by atoms with van der Waals surface area (Å²) in [7, 11) is 0. The van der Waals surface area contributed by atoms with Crippen molar-refractivity contribution in [1.29, 1.82) is 0 Å². The third kappa shape index (κ3) is 2.82. The van der Waals surface area contributed by atoms with E-state index in [1.165, 1.54) is 12.1 Å². The largest absolute Gasteiger partial charge is 0.478 e. The SMILES string of the molecule is O=C(O)c1ccccc1/C=C(\F)C(F)(F)F. The third-order valence-electron chi connectivity index (χ3n) is 1.74. The molecule has 0 aliphatic heterocycles. The number of carbonyl (C=O) groups is 1. The van der Waals surface area contributed by atoms with E-state index in [0.717, 1.165) is 12.1 Å². The van der Waals surface area contributed by atoms with Gasteiger partial charge >= 0.3 is 12.1 Å². The molecule has 0 heterocycles. The zero-order valence-corrected chi connectivity index (χ0v) is 7.75. The van der Waals surface area contributed by atoms with E-state index in [4.69, 9.17) is 5.11 Å². The minimum absolute atomic E-state index is 0.156. The molecular formula is C10H6F4O2. The molecule has 1 aromatic rings. The molecule has 0 saturated heterocycles. The quantitative estimate of drug-likeness (QED) is 0.797. The lowest BCUT2D eigenvalue weighted by molar-refractivity contribution is -0.107. The van der Waals surface area contributed by atoms with Gasteiger partial charge in [0.25, 0.3) is 0 Å². The van der Waals surface area contributed by atoms with Gasteiger partial charge in [0.1, 0.15) is 0 Å². The highest BCUT2D eigenvalue weighted by Crippen LogP contribution is 2.28. The zero-order valence-electron chi connectivity index (χ0n) is 7.75. The van der Waals surface area contributed by atoms with Crippen LogP contribution >= 0.6 is 0 Å². The van der Waals surface area contributed by atoms with Crippen molar-refractivity contribution in [1.82, 2.24) is 0 Å². The van der Waals surface area contributed by atoms with Crippen LogP contribution in [0.1, 0.15) is 15.9 Å². The van der Waals surface area contributed by atoms with Gasteiger partial charge in [-0.2, -0.15) is 13.2 Å². The van der Waals surface area contributed by atoms with E-state index in [1.54, 1.807) is 0 Å². The van der Waals surface area contributed by atoms with E-state index in [0.29, 0.717) is 0 Å². The predicted octanol–water partition coefficient (Wildman–Crippen LogP) is 3.26. The molecule has 0 amide bonds. The smallest absolute Gasteiger partial charge is 0.442 e. The van der Waals surface area contributed by atoms with Gasteiger partial charge in [-0.3, -0.25) is 0 Å². The second kappa shape index (κ2) is 4.34. The first-order chi connectivity index (χ1) is 7.32.